The molecule has 0 saturated carbocycles. The molecule has 0 saturated heterocycles. The Hall–Kier alpha value is -4.04. The predicted octanol–water partition coefficient (Wildman–Crippen LogP) is 6.65. The van der Waals surface area contributed by atoms with E-state index in [1.54, 1.807) is 29.4 Å². The number of hydrogen-bond donors (Lipinski definition) is 0. The maximum absolute atomic E-state index is 13.8. The van der Waals surface area contributed by atoms with Gasteiger partial charge in [0.1, 0.15) is 17.1 Å². The number of pyridine rings is 1. The van der Waals surface area contributed by atoms with Crippen LogP contribution in [0, 0.1) is 5.82 Å². The summed E-state index contributed by atoms with van der Waals surface area (Å²) in [4.78, 5) is 19.2. The average Bonchev–Trinajstić information content (AvgIpc) is 3.31. The number of nitrogens with zero attached hydrogens (tertiary/aromatic N) is 4. The normalized spacial score (nSPS) is 15.2. The first kappa shape index (κ1) is 26.6. The van der Waals surface area contributed by atoms with E-state index >= 15 is 0 Å². The van der Waals surface area contributed by atoms with E-state index in [0.29, 0.717) is 32.7 Å². The molecule has 0 fully saturated rings. The van der Waals surface area contributed by atoms with E-state index in [1.807, 2.05) is 67.9 Å². The number of rotatable bonds is 7. The molecule has 1 amide bonds. The van der Waals surface area contributed by atoms with Gasteiger partial charge in [-0.3, -0.25) is 9.67 Å². The second kappa shape index (κ2) is 11.4. The second-order valence-electron chi connectivity index (χ2n) is 10.7. The Balaban J connectivity index is 1.51. The number of halogens is 1. The Bertz CT molecular complexity index is 1400. The van der Waals surface area contributed by atoms with Gasteiger partial charge in [-0.05, 0) is 74.7 Å². The first-order chi connectivity index (χ1) is 18.8. The monoisotopic (exact) mass is 528 g/mol. The molecule has 5 rings (SSSR count). The van der Waals surface area contributed by atoms with Crippen LogP contribution in [0.4, 0.5) is 9.18 Å². The molecule has 4 aromatic rings. The fourth-order valence-corrected chi connectivity index (χ4v) is 4.79. The minimum Gasteiger partial charge on any atom is -0.444 e. The number of benzene rings is 2. The lowest BCUT2D eigenvalue weighted by atomic mass is 9.98. The first-order valence-electron chi connectivity index (χ1n) is 13.2. The van der Waals surface area contributed by atoms with Crippen molar-refractivity contribution in [1.29, 1.82) is 0 Å². The number of aromatic nitrogens is 3. The van der Waals surface area contributed by atoms with Gasteiger partial charge in [-0.15, -0.1) is 0 Å². The molecule has 0 bridgehead atoms. The van der Waals surface area contributed by atoms with E-state index in [-0.39, 0.29) is 18.0 Å². The molecule has 1 aliphatic heterocycles. The summed E-state index contributed by atoms with van der Waals surface area (Å²) < 4.78 is 27.6. The average molecular weight is 529 g/mol. The molecule has 0 aliphatic carbocycles. The number of fused-ring (bicyclic) bond motifs is 1. The van der Waals surface area contributed by atoms with E-state index in [9.17, 15) is 9.18 Å². The predicted molar refractivity (Wildman–Crippen MR) is 147 cm³/mol. The van der Waals surface area contributed by atoms with Crippen LogP contribution in [-0.4, -0.2) is 44.5 Å². The molecular weight excluding hydrogens is 495 g/mol. The van der Waals surface area contributed by atoms with E-state index in [1.165, 1.54) is 12.1 Å². The lowest BCUT2D eigenvalue weighted by Crippen LogP contribution is -2.44. The molecule has 0 spiro atoms. The quantitative estimate of drug-likeness (QED) is 0.251. The van der Waals surface area contributed by atoms with Gasteiger partial charge in [0.15, 0.2) is 0 Å². The molecule has 202 valence electrons. The van der Waals surface area contributed by atoms with Crippen LogP contribution in [0.5, 0.6) is 0 Å². The van der Waals surface area contributed by atoms with Crippen LogP contribution in [0.25, 0.3) is 22.4 Å². The number of ether oxygens (including phenoxy) is 2. The van der Waals surface area contributed by atoms with Crippen molar-refractivity contribution in [3.8, 4) is 22.4 Å². The summed E-state index contributed by atoms with van der Waals surface area (Å²) in [5, 5.41) is 5.05. The van der Waals surface area contributed by atoms with Crippen LogP contribution >= 0.6 is 0 Å². The van der Waals surface area contributed by atoms with Gasteiger partial charge in [0, 0.05) is 36.7 Å². The van der Waals surface area contributed by atoms with E-state index in [2.05, 4.69) is 4.98 Å². The molecular formula is C31H33FN4O3. The zero-order chi connectivity index (χ0) is 27.4. The van der Waals surface area contributed by atoms with Crippen molar-refractivity contribution in [2.45, 2.75) is 52.0 Å². The highest BCUT2D eigenvalue weighted by Crippen LogP contribution is 2.39. The highest BCUT2D eigenvalue weighted by Gasteiger charge is 2.35. The third-order valence-corrected chi connectivity index (χ3v) is 6.57. The molecule has 0 N–H and O–H groups in total. The maximum Gasteiger partial charge on any atom is 0.410 e. The minimum atomic E-state index is -0.615. The SMILES string of the molecule is CC(C)(C)OC(=O)N1Cc2c(-c3ccncc3)c(-c3ccc(F)cc3)nn2C(CCOCc2ccccc2)C1. The number of carbonyl (C=O) groups excluding carboxylic acids is 1. The Labute approximate surface area is 228 Å². The summed E-state index contributed by atoms with van der Waals surface area (Å²) >= 11 is 0. The topological polar surface area (TPSA) is 69.5 Å². The number of hydrogen-bond acceptors (Lipinski definition) is 5. The van der Waals surface area contributed by atoms with E-state index < -0.39 is 5.60 Å². The summed E-state index contributed by atoms with van der Waals surface area (Å²) in [5.74, 6) is -0.308. The molecule has 2 aromatic carbocycles. The molecule has 1 aliphatic rings. The van der Waals surface area contributed by atoms with Crippen molar-refractivity contribution in [2.24, 2.45) is 0 Å². The minimum absolute atomic E-state index is 0.133. The van der Waals surface area contributed by atoms with Crippen LogP contribution < -0.4 is 0 Å². The van der Waals surface area contributed by atoms with Crippen LogP contribution in [0.1, 0.15) is 44.5 Å². The molecule has 8 heteroatoms. The van der Waals surface area contributed by atoms with Crippen molar-refractivity contribution in [1.82, 2.24) is 19.7 Å². The third kappa shape index (κ3) is 6.34. The lowest BCUT2D eigenvalue weighted by molar-refractivity contribution is 0.0133. The summed E-state index contributed by atoms with van der Waals surface area (Å²) in [6.07, 6.45) is 3.75. The number of carbonyl (C=O) groups is 1. The molecule has 7 nitrogen and oxygen atoms in total. The lowest BCUT2D eigenvalue weighted by Gasteiger charge is -2.35. The van der Waals surface area contributed by atoms with Crippen LogP contribution in [0.3, 0.4) is 0 Å². The maximum atomic E-state index is 13.8. The van der Waals surface area contributed by atoms with Crippen LogP contribution in [0.15, 0.2) is 79.1 Å². The van der Waals surface area contributed by atoms with Gasteiger partial charge in [-0.2, -0.15) is 5.10 Å². The Morgan fingerprint density at radius 2 is 1.72 bits per heavy atom. The fourth-order valence-electron chi connectivity index (χ4n) is 4.79. The van der Waals surface area contributed by atoms with Gasteiger partial charge in [0.25, 0.3) is 0 Å². The highest BCUT2D eigenvalue weighted by atomic mass is 19.1. The van der Waals surface area contributed by atoms with Crippen molar-refractivity contribution in [3.05, 3.63) is 96.2 Å². The Morgan fingerprint density at radius 3 is 2.41 bits per heavy atom. The summed E-state index contributed by atoms with van der Waals surface area (Å²) in [7, 11) is 0. The Morgan fingerprint density at radius 1 is 1.00 bits per heavy atom. The fraction of sp³-hybridized carbons (Fsp3) is 0.323. The summed E-state index contributed by atoms with van der Waals surface area (Å²) in [5.41, 5.74) is 4.74. The van der Waals surface area contributed by atoms with E-state index in [0.717, 1.165) is 33.6 Å². The van der Waals surface area contributed by atoms with Crippen molar-refractivity contribution in [3.63, 3.8) is 0 Å². The van der Waals surface area contributed by atoms with E-state index in [4.69, 9.17) is 14.6 Å². The largest absolute Gasteiger partial charge is 0.444 e. The second-order valence-corrected chi connectivity index (χ2v) is 10.7. The van der Waals surface area contributed by atoms with Gasteiger partial charge in [-0.25, -0.2) is 9.18 Å². The summed E-state index contributed by atoms with van der Waals surface area (Å²) in [6.45, 7) is 7.38. The zero-order valence-corrected chi connectivity index (χ0v) is 22.5. The molecule has 1 unspecified atom stereocenters. The summed E-state index contributed by atoms with van der Waals surface area (Å²) in [6, 6.07) is 20.1. The van der Waals surface area contributed by atoms with Crippen molar-refractivity contribution < 1.29 is 18.7 Å². The Kier molecular flexibility index (Phi) is 7.74. The molecule has 39 heavy (non-hydrogen) atoms. The third-order valence-electron chi connectivity index (χ3n) is 6.57. The number of amides is 1. The highest BCUT2D eigenvalue weighted by molar-refractivity contribution is 5.83. The molecule has 0 radical (unpaired) electrons. The molecule has 1 atom stereocenters. The van der Waals surface area contributed by atoms with Gasteiger partial charge in [0.2, 0.25) is 0 Å². The van der Waals surface area contributed by atoms with Gasteiger partial charge in [0.05, 0.1) is 24.9 Å². The first-order valence-corrected chi connectivity index (χ1v) is 13.2. The van der Waals surface area contributed by atoms with Gasteiger partial charge >= 0.3 is 6.09 Å². The molecule has 2 aromatic heterocycles. The zero-order valence-electron chi connectivity index (χ0n) is 22.5. The van der Waals surface area contributed by atoms with Gasteiger partial charge in [-0.1, -0.05) is 30.3 Å². The standard InChI is InChI=1S/C31H33FN4O3/c1-31(2,3)39-30(37)35-19-26(15-18-38-21-22-7-5-4-6-8-22)36-27(20-35)28(23-13-16-33-17-14-23)29(34-36)24-9-11-25(32)12-10-24/h4-14,16-17,26H,15,18-21H2,1-3H3. The smallest absolute Gasteiger partial charge is 0.410 e. The van der Waals surface area contributed by atoms with Crippen molar-refractivity contribution >= 4 is 6.09 Å². The van der Waals surface area contributed by atoms with Crippen LogP contribution in [0.2, 0.25) is 0 Å². The molecule has 3 heterocycles. The van der Waals surface area contributed by atoms with Gasteiger partial charge < -0.3 is 14.4 Å². The van der Waals surface area contributed by atoms with Crippen molar-refractivity contribution in [2.75, 3.05) is 13.2 Å². The van der Waals surface area contributed by atoms with Crippen LogP contribution in [-0.2, 0) is 22.6 Å².